The van der Waals surface area contributed by atoms with Crippen molar-refractivity contribution in [2.75, 3.05) is 6.26 Å². The third-order valence-corrected chi connectivity index (χ3v) is 5.87. The molecule has 3 rings (SSSR count). The van der Waals surface area contributed by atoms with E-state index in [2.05, 4.69) is 17.0 Å². The van der Waals surface area contributed by atoms with Gasteiger partial charge in [-0.25, -0.2) is 9.07 Å². The highest BCUT2D eigenvalue weighted by atomic mass is 32.2. The summed E-state index contributed by atoms with van der Waals surface area (Å²) in [6.07, 6.45) is 1.17. The third-order valence-electron chi connectivity index (χ3n) is 4.97. The van der Waals surface area contributed by atoms with Crippen LogP contribution in [0.15, 0.2) is 66.2 Å². The second-order valence-electron chi connectivity index (χ2n) is 7.24. The Morgan fingerprint density at radius 1 is 1.21 bits per heavy atom. The second-order valence-corrected chi connectivity index (χ2v) is 8.62. The molecule has 178 valence electrons. The van der Waals surface area contributed by atoms with Crippen LogP contribution in [-0.4, -0.2) is 26.2 Å². The average molecular weight is 492 g/mol. The van der Waals surface area contributed by atoms with Crippen molar-refractivity contribution in [3.8, 4) is 5.69 Å². The summed E-state index contributed by atoms with van der Waals surface area (Å²) in [6.45, 7) is 5.20. The number of rotatable bonds is 7. The highest BCUT2D eigenvalue weighted by molar-refractivity contribution is 7.84. The summed E-state index contributed by atoms with van der Waals surface area (Å²) in [6, 6.07) is 8.71. The lowest BCUT2D eigenvalue weighted by Gasteiger charge is -2.13. The van der Waals surface area contributed by atoms with Gasteiger partial charge in [-0.05, 0) is 61.0 Å². The molecule has 0 saturated heterocycles. The zero-order chi connectivity index (χ0) is 25.0. The number of alkyl halides is 3. The third kappa shape index (κ3) is 5.51. The maximum atomic E-state index is 13.3. The van der Waals surface area contributed by atoms with Crippen LogP contribution in [0.5, 0.6) is 0 Å². The number of hydrogen-bond donors (Lipinski definition) is 1. The van der Waals surface area contributed by atoms with Crippen LogP contribution in [0.25, 0.3) is 17.3 Å². The predicted molar refractivity (Wildman–Crippen MR) is 123 cm³/mol. The van der Waals surface area contributed by atoms with Gasteiger partial charge in [0.25, 0.3) is 5.91 Å². The standard InChI is InChI=1S/C24H21F4N3O2S/c1-4-20(21-14-30-31(22(21)5-2)18-8-6-17(25)7-9-18)23(32)29-13-15-10-16(24(26,27)28)12-19(11-15)34(3)33/h4-12,14H,2,13H2,1,3H3,(H,29,32)/b20-4+. The average Bonchev–Trinajstić information content (AvgIpc) is 3.21. The van der Waals surface area contributed by atoms with Crippen molar-refractivity contribution in [1.29, 1.82) is 0 Å². The molecule has 0 fully saturated rings. The number of benzene rings is 2. The second kappa shape index (κ2) is 10.2. The molecule has 1 unspecified atom stereocenters. The summed E-state index contributed by atoms with van der Waals surface area (Å²) in [5.74, 6) is -0.949. The Hall–Kier alpha value is -3.53. The minimum atomic E-state index is -4.61. The van der Waals surface area contributed by atoms with Gasteiger partial charge >= 0.3 is 6.18 Å². The number of carbonyl (C=O) groups excluding carboxylic acids is 1. The minimum absolute atomic E-state index is 0.0137. The number of hydrogen-bond acceptors (Lipinski definition) is 3. The molecule has 0 spiro atoms. The van der Waals surface area contributed by atoms with Crippen molar-refractivity contribution in [1.82, 2.24) is 15.1 Å². The molecule has 3 aromatic rings. The molecule has 10 heteroatoms. The van der Waals surface area contributed by atoms with Gasteiger partial charge in [0.05, 0.1) is 23.1 Å². The van der Waals surface area contributed by atoms with E-state index >= 15 is 0 Å². The first-order chi connectivity index (χ1) is 16.0. The molecule has 0 bridgehead atoms. The summed E-state index contributed by atoms with van der Waals surface area (Å²) >= 11 is 0. The lowest BCUT2D eigenvalue weighted by atomic mass is 10.0. The fourth-order valence-corrected chi connectivity index (χ4v) is 3.94. The Morgan fingerprint density at radius 2 is 1.88 bits per heavy atom. The van der Waals surface area contributed by atoms with Gasteiger partial charge in [-0.3, -0.25) is 9.00 Å². The molecule has 0 saturated carbocycles. The van der Waals surface area contributed by atoms with E-state index in [4.69, 9.17) is 0 Å². The topological polar surface area (TPSA) is 64.0 Å². The highest BCUT2D eigenvalue weighted by Crippen LogP contribution is 2.31. The van der Waals surface area contributed by atoms with Gasteiger partial charge in [0.15, 0.2) is 0 Å². The lowest BCUT2D eigenvalue weighted by Crippen LogP contribution is -2.24. The van der Waals surface area contributed by atoms with Crippen LogP contribution in [0, 0.1) is 5.82 Å². The maximum absolute atomic E-state index is 13.3. The molecule has 0 aliphatic rings. The van der Waals surface area contributed by atoms with E-state index in [0.717, 1.165) is 12.1 Å². The van der Waals surface area contributed by atoms with Gasteiger partial charge in [-0.2, -0.15) is 18.3 Å². The largest absolute Gasteiger partial charge is 0.416 e. The van der Waals surface area contributed by atoms with Gasteiger partial charge in [0, 0.05) is 39.6 Å². The van der Waals surface area contributed by atoms with Crippen LogP contribution in [0.4, 0.5) is 17.6 Å². The van der Waals surface area contributed by atoms with E-state index in [0.29, 0.717) is 16.9 Å². The van der Waals surface area contributed by atoms with E-state index in [1.807, 2.05) is 0 Å². The molecular formula is C24H21F4N3O2S. The minimum Gasteiger partial charge on any atom is -0.348 e. The number of nitrogens with zero attached hydrogens (tertiary/aromatic N) is 2. The predicted octanol–water partition coefficient (Wildman–Crippen LogP) is 5.13. The summed E-state index contributed by atoms with van der Waals surface area (Å²) in [4.78, 5) is 12.9. The van der Waals surface area contributed by atoms with Crippen molar-refractivity contribution in [3.63, 3.8) is 0 Å². The van der Waals surface area contributed by atoms with E-state index in [9.17, 15) is 26.6 Å². The highest BCUT2D eigenvalue weighted by Gasteiger charge is 2.31. The van der Waals surface area contributed by atoms with E-state index < -0.39 is 34.3 Å². The van der Waals surface area contributed by atoms with Crippen molar-refractivity contribution < 1.29 is 26.6 Å². The van der Waals surface area contributed by atoms with Gasteiger partial charge in [-0.15, -0.1) is 0 Å². The first kappa shape index (κ1) is 25.1. The van der Waals surface area contributed by atoms with E-state index in [1.54, 1.807) is 13.0 Å². The molecule has 1 N–H and O–H groups in total. The summed E-state index contributed by atoms with van der Waals surface area (Å²) < 4.78 is 66.2. The van der Waals surface area contributed by atoms with Gasteiger partial charge in [-0.1, -0.05) is 12.7 Å². The molecule has 0 aliphatic carbocycles. The molecular weight excluding hydrogens is 470 g/mol. The lowest BCUT2D eigenvalue weighted by molar-refractivity contribution is -0.137. The first-order valence-electron chi connectivity index (χ1n) is 10.0. The molecule has 0 aliphatic heterocycles. The normalized spacial score (nSPS) is 12.9. The number of halogens is 4. The van der Waals surface area contributed by atoms with E-state index in [1.165, 1.54) is 53.5 Å². The van der Waals surface area contributed by atoms with Crippen molar-refractivity contribution in [2.24, 2.45) is 0 Å². The van der Waals surface area contributed by atoms with Crippen LogP contribution in [0.3, 0.4) is 0 Å². The fourth-order valence-electron chi connectivity index (χ4n) is 3.33. The van der Waals surface area contributed by atoms with E-state index in [-0.39, 0.29) is 22.6 Å². The van der Waals surface area contributed by atoms with Gasteiger partial charge < -0.3 is 5.32 Å². The molecule has 1 atom stereocenters. The Morgan fingerprint density at radius 3 is 2.44 bits per heavy atom. The molecule has 0 radical (unpaired) electrons. The number of allylic oxidation sites excluding steroid dienone is 1. The summed E-state index contributed by atoms with van der Waals surface area (Å²) in [5.41, 5.74) is 0.938. The van der Waals surface area contributed by atoms with Gasteiger partial charge in [0.2, 0.25) is 0 Å². The molecule has 34 heavy (non-hydrogen) atoms. The zero-order valence-corrected chi connectivity index (χ0v) is 19.1. The Kier molecular flexibility index (Phi) is 7.51. The smallest absolute Gasteiger partial charge is 0.348 e. The molecule has 1 amide bonds. The monoisotopic (exact) mass is 491 g/mol. The fraction of sp³-hybridized carbons (Fsp3) is 0.167. The van der Waals surface area contributed by atoms with Crippen molar-refractivity contribution in [3.05, 3.63) is 89.5 Å². The van der Waals surface area contributed by atoms with Crippen LogP contribution in [-0.2, 0) is 28.3 Å². The maximum Gasteiger partial charge on any atom is 0.416 e. The molecule has 2 aromatic carbocycles. The zero-order valence-electron chi connectivity index (χ0n) is 18.3. The number of nitrogens with one attached hydrogen (secondary N) is 1. The number of carbonyl (C=O) groups is 1. The van der Waals surface area contributed by atoms with Crippen molar-refractivity contribution in [2.45, 2.75) is 24.5 Å². The number of amides is 1. The summed E-state index contributed by atoms with van der Waals surface area (Å²) in [7, 11) is -1.63. The van der Waals surface area contributed by atoms with Crippen molar-refractivity contribution >= 4 is 28.4 Å². The number of aromatic nitrogens is 2. The Balaban J connectivity index is 1.87. The van der Waals surface area contributed by atoms with Crippen LogP contribution in [0.1, 0.15) is 29.3 Å². The Bertz CT molecular complexity index is 1280. The molecule has 5 nitrogen and oxygen atoms in total. The first-order valence-corrected chi connectivity index (χ1v) is 11.6. The summed E-state index contributed by atoms with van der Waals surface area (Å²) in [5, 5.41) is 6.88. The molecule has 1 aromatic heterocycles. The van der Waals surface area contributed by atoms with Gasteiger partial charge in [0.1, 0.15) is 5.82 Å². The molecule has 1 heterocycles. The quantitative estimate of drug-likeness (QED) is 0.368. The van der Waals surface area contributed by atoms with Crippen LogP contribution in [0.2, 0.25) is 0 Å². The van der Waals surface area contributed by atoms with Crippen LogP contribution >= 0.6 is 0 Å². The van der Waals surface area contributed by atoms with Crippen LogP contribution < -0.4 is 5.32 Å². The SMILES string of the molecule is C=Cc1c(/C(=C\C)C(=O)NCc2cc(S(C)=O)cc(C(F)(F)F)c2)cnn1-c1ccc(F)cc1. The Labute approximate surface area is 196 Å².